The molecule has 1 atom stereocenters. The summed E-state index contributed by atoms with van der Waals surface area (Å²) in [5.41, 5.74) is 2.31. The maximum atomic E-state index is 12.3. The highest BCUT2D eigenvalue weighted by atomic mass is 35.5. The predicted molar refractivity (Wildman–Crippen MR) is 105 cm³/mol. The van der Waals surface area contributed by atoms with Crippen LogP contribution in [-0.4, -0.2) is 25.6 Å². The lowest BCUT2D eigenvalue weighted by atomic mass is 9.84. The third-order valence-electron chi connectivity index (χ3n) is 4.90. The summed E-state index contributed by atoms with van der Waals surface area (Å²) in [6.07, 6.45) is 4.02. The maximum absolute atomic E-state index is 12.3. The molecule has 4 nitrogen and oxygen atoms in total. The molecule has 1 aromatic rings. The van der Waals surface area contributed by atoms with Gasteiger partial charge in [-0.05, 0) is 55.3 Å². The zero-order valence-corrected chi connectivity index (χ0v) is 16.4. The van der Waals surface area contributed by atoms with Gasteiger partial charge in [-0.25, -0.2) is 0 Å². The van der Waals surface area contributed by atoms with E-state index in [1.54, 1.807) is 0 Å². The summed E-state index contributed by atoms with van der Waals surface area (Å²) in [6, 6.07) is 8.19. The maximum Gasteiger partial charge on any atom is 0.220 e. The van der Waals surface area contributed by atoms with Crippen molar-refractivity contribution in [1.29, 1.82) is 0 Å². The van der Waals surface area contributed by atoms with Gasteiger partial charge in [-0.15, -0.1) is 12.4 Å². The molecule has 0 spiro atoms. The predicted octanol–water partition coefficient (Wildman–Crippen LogP) is 3.68. The minimum absolute atomic E-state index is 0. The largest absolute Gasteiger partial charge is 0.377 e. The standard InChI is InChI=1S/C20H32N2O2.ClH/c1-3-12-24-15-19-7-5-4-6-18(19)14-22-20(23)13-16(2)17-8-10-21-11-9-17;/h4-7,16-17,21H,3,8-15H2,1-2H3,(H,22,23);1H. The number of benzene rings is 1. The van der Waals surface area contributed by atoms with Gasteiger partial charge in [0.1, 0.15) is 0 Å². The molecule has 0 bridgehead atoms. The van der Waals surface area contributed by atoms with Crippen LogP contribution in [0.3, 0.4) is 0 Å². The monoisotopic (exact) mass is 368 g/mol. The van der Waals surface area contributed by atoms with Gasteiger partial charge in [0.15, 0.2) is 0 Å². The second-order valence-electron chi connectivity index (χ2n) is 6.87. The number of hydrogen-bond acceptors (Lipinski definition) is 3. The van der Waals surface area contributed by atoms with E-state index in [9.17, 15) is 4.79 Å². The van der Waals surface area contributed by atoms with E-state index in [-0.39, 0.29) is 18.3 Å². The molecule has 2 rings (SSSR count). The van der Waals surface area contributed by atoms with Crippen LogP contribution >= 0.6 is 12.4 Å². The average molecular weight is 369 g/mol. The van der Waals surface area contributed by atoms with E-state index in [0.29, 0.717) is 31.4 Å². The second kappa shape index (κ2) is 12.3. The average Bonchev–Trinajstić information content (AvgIpc) is 2.62. The number of halogens is 1. The van der Waals surface area contributed by atoms with Crippen LogP contribution < -0.4 is 10.6 Å². The highest BCUT2D eigenvalue weighted by Crippen LogP contribution is 2.24. The van der Waals surface area contributed by atoms with E-state index >= 15 is 0 Å². The highest BCUT2D eigenvalue weighted by Gasteiger charge is 2.21. The van der Waals surface area contributed by atoms with Gasteiger partial charge in [-0.2, -0.15) is 0 Å². The molecule has 0 aromatic heterocycles. The van der Waals surface area contributed by atoms with Crippen LogP contribution in [0, 0.1) is 11.8 Å². The molecule has 5 heteroatoms. The Morgan fingerprint density at radius 1 is 1.28 bits per heavy atom. The summed E-state index contributed by atoms with van der Waals surface area (Å²) < 4.78 is 5.64. The molecule has 1 aliphatic rings. The summed E-state index contributed by atoms with van der Waals surface area (Å²) in [6.45, 7) is 8.46. The number of piperidine rings is 1. The summed E-state index contributed by atoms with van der Waals surface area (Å²) >= 11 is 0. The van der Waals surface area contributed by atoms with E-state index in [1.807, 2.05) is 12.1 Å². The molecule has 1 saturated heterocycles. The van der Waals surface area contributed by atoms with Gasteiger partial charge in [0.2, 0.25) is 5.91 Å². The fraction of sp³-hybridized carbons (Fsp3) is 0.650. The van der Waals surface area contributed by atoms with Crippen LogP contribution in [0.5, 0.6) is 0 Å². The minimum Gasteiger partial charge on any atom is -0.377 e. The summed E-state index contributed by atoms with van der Waals surface area (Å²) in [4.78, 5) is 12.3. The van der Waals surface area contributed by atoms with Gasteiger partial charge >= 0.3 is 0 Å². The Bertz CT molecular complexity index is 504. The molecule has 0 aliphatic carbocycles. The third-order valence-corrected chi connectivity index (χ3v) is 4.90. The van der Waals surface area contributed by atoms with Gasteiger partial charge in [-0.3, -0.25) is 4.79 Å². The first-order valence-electron chi connectivity index (χ1n) is 9.32. The molecule has 142 valence electrons. The quantitative estimate of drug-likeness (QED) is 0.654. The van der Waals surface area contributed by atoms with Crippen molar-refractivity contribution < 1.29 is 9.53 Å². The van der Waals surface area contributed by atoms with E-state index in [0.717, 1.165) is 37.2 Å². The lowest BCUT2D eigenvalue weighted by molar-refractivity contribution is -0.122. The van der Waals surface area contributed by atoms with Gasteiger partial charge in [0.05, 0.1) is 6.61 Å². The van der Waals surface area contributed by atoms with Gasteiger partial charge in [-0.1, -0.05) is 38.1 Å². The number of nitrogens with one attached hydrogen (secondary N) is 2. The Hall–Kier alpha value is -1.10. The first kappa shape index (κ1) is 21.9. The SMILES string of the molecule is CCCOCc1ccccc1CNC(=O)CC(C)C1CCNCC1.Cl. The van der Waals surface area contributed by atoms with Crippen LogP contribution in [0.25, 0.3) is 0 Å². The van der Waals surface area contributed by atoms with Gasteiger partial charge in [0.25, 0.3) is 0 Å². The van der Waals surface area contributed by atoms with Gasteiger partial charge < -0.3 is 15.4 Å². The van der Waals surface area contributed by atoms with Crippen molar-refractivity contribution in [3.63, 3.8) is 0 Å². The van der Waals surface area contributed by atoms with Crippen molar-refractivity contribution in [2.75, 3.05) is 19.7 Å². The first-order valence-corrected chi connectivity index (χ1v) is 9.32. The smallest absolute Gasteiger partial charge is 0.220 e. The zero-order valence-electron chi connectivity index (χ0n) is 15.6. The number of carbonyl (C=O) groups excluding carboxylic acids is 1. The number of hydrogen-bond donors (Lipinski definition) is 2. The van der Waals surface area contributed by atoms with Crippen LogP contribution in [0.4, 0.5) is 0 Å². The van der Waals surface area contributed by atoms with Crippen molar-refractivity contribution in [3.05, 3.63) is 35.4 Å². The summed E-state index contributed by atoms with van der Waals surface area (Å²) in [7, 11) is 0. The minimum atomic E-state index is 0. The third kappa shape index (κ3) is 7.76. The Kier molecular flexibility index (Phi) is 10.8. The summed E-state index contributed by atoms with van der Waals surface area (Å²) in [5.74, 6) is 1.28. The zero-order chi connectivity index (χ0) is 17.2. The molecular formula is C20H33ClN2O2. The molecule has 1 fully saturated rings. The summed E-state index contributed by atoms with van der Waals surface area (Å²) in [5, 5.41) is 6.47. The van der Waals surface area contributed by atoms with E-state index < -0.39 is 0 Å². The Balaban J connectivity index is 0.00000312. The van der Waals surface area contributed by atoms with Crippen LogP contribution in [0.2, 0.25) is 0 Å². The molecule has 1 amide bonds. The number of ether oxygens (including phenoxy) is 1. The number of rotatable bonds is 9. The normalized spacial score (nSPS) is 16.1. The fourth-order valence-corrected chi connectivity index (χ4v) is 3.34. The van der Waals surface area contributed by atoms with Crippen molar-refractivity contribution in [2.24, 2.45) is 11.8 Å². The molecule has 2 N–H and O–H groups in total. The second-order valence-corrected chi connectivity index (χ2v) is 6.87. The molecule has 1 aromatic carbocycles. The lowest BCUT2D eigenvalue weighted by Crippen LogP contribution is -2.33. The van der Waals surface area contributed by atoms with Crippen molar-refractivity contribution >= 4 is 18.3 Å². The lowest BCUT2D eigenvalue weighted by Gasteiger charge is -2.27. The number of amides is 1. The first-order chi connectivity index (χ1) is 11.7. The Morgan fingerprint density at radius 2 is 1.96 bits per heavy atom. The van der Waals surface area contributed by atoms with E-state index in [4.69, 9.17) is 4.74 Å². The molecule has 25 heavy (non-hydrogen) atoms. The van der Waals surface area contributed by atoms with Gasteiger partial charge in [0, 0.05) is 19.6 Å². The van der Waals surface area contributed by atoms with Crippen molar-refractivity contribution in [2.45, 2.75) is 52.7 Å². The topological polar surface area (TPSA) is 50.4 Å². The van der Waals surface area contributed by atoms with E-state index in [1.165, 1.54) is 12.8 Å². The number of carbonyl (C=O) groups is 1. The molecular weight excluding hydrogens is 336 g/mol. The van der Waals surface area contributed by atoms with E-state index in [2.05, 4.69) is 36.6 Å². The molecule has 1 heterocycles. The van der Waals surface area contributed by atoms with Crippen molar-refractivity contribution in [3.8, 4) is 0 Å². The highest BCUT2D eigenvalue weighted by molar-refractivity contribution is 5.85. The molecule has 0 radical (unpaired) electrons. The fourth-order valence-electron chi connectivity index (χ4n) is 3.34. The Labute approximate surface area is 158 Å². The van der Waals surface area contributed by atoms with Crippen LogP contribution in [0.15, 0.2) is 24.3 Å². The molecule has 1 aliphatic heterocycles. The Morgan fingerprint density at radius 3 is 2.64 bits per heavy atom. The molecule has 1 unspecified atom stereocenters. The molecule has 0 saturated carbocycles. The van der Waals surface area contributed by atoms with Crippen LogP contribution in [-0.2, 0) is 22.7 Å². The van der Waals surface area contributed by atoms with Crippen LogP contribution in [0.1, 0.15) is 50.7 Å². The van der Waals surface area contributed by atoms with Crippen molar-refractivity contribution in [1.82, 2.24) is 10.6 Å².